The highest BCUT2D eigenvalue weighted by Crippen LogP contribution is 2.37. The van der Waals surface area contributed by atoms with Gasteiger partial charge in [0.2, 0.25) is 0 Å². The van der Waals surface area contributed by atoms with Crippen LogP contribution in [0, 0.1) is 0 Å². The Bertz CT molecular complexity index is 650. The molecule has 0 radical (unpaired) electrons. The Morgan fingerprint density at radius 3 is 2.48 bits per heavy atom. The van der Waals surface area contributed by atoms with Crippen LogP contribution in [0.4, 0.5) is 5.69 Å². The van der Waals surface area contributed by atoms with Crippen LogP contribution in [-0.2, 0) is 6.54 Å². The highest BCUT2D eigenvalue weighted by Gasteiger charge is 2.10. The van der Waals surface area contributed by atoms with Gasteiger partial charge in [-0.15, -0.1) is 0 Å². The van der Waals surface area contributed by atoms with Crippen molar-refractivity contribution in [1.82, 2.24) is 0 Å². The Hall–Kier alpha value is -1.10. The van der Waals surface area contributed by atoms with Gasteiger partial charge in [-0.1, -0.05) is 23.2 Å². The van der Waals surface area contributed by atoms with Crippen LogP contribution in [0.1, 0.15) is 5.56 Å². The fraction of sp³-hybridized carbons (Fsp3) is 0.200. The molecule has 0 saturated heterocycles. The maximum atomic E-state index is 6.07. The predicted octanol–water partition coefficient (Wildman–Crippen LogP) is 5.39. The summed E-state index contributed by atoms with van der Waals surface area (Å²) in [5.74, 6) is 1.47. The Morgan fingerprint density at radius 2 is 1.81 bits per heavy atom. The molecule has 0 amide bonds. The number of anilines is 1. The lowest BCUT2D eigenvalue weighted by atomic mass is 10.2. The maximum Gasteiger partial charge on any atom is 0.156 e. The van der Waals surface area contributed by atoms with Crippen molar-refractivity contribution in [2.75, 3.05) is 19.5 Å². The van der Waals surface area contributed by atoms with Crippen LogP contribution in [0.25, 0.3) is 0 Å². The van der Waals surface area contributed by atoms with E-state index in [1.807, 2.05) is 18.2 Å². The van der Waals surface area contributed by atoms with E-state index in [1.54, 1.807) is 26.4 Å². The summed E-state index contributed by atoms with van der Waals surface area (Å²) in [6.45, 7) is 0.535. The van der Waals surface area contributed by atoms with Gasteiger partial charge in [0, 0.05) is 22.2 Å². The summed E-state index contributed by atoms with van der Waals surface area (Å²) in [5.41, 5.74) is 1.74. The van der Waals surface area contributed by atoms with E-state index in [2.05, 4.69) is 21.2 Å². The van der Waals surface area contributed by atoms with Crippen molar-refractivity contribution in [3.63, 3.8) is 0 Å². The molecule has 0 fully saturated rings. The summed E-state index contributed by atoms with van der Waals surface area (Å²) in [7, 11) is 3.24. The summed E-state index contributed by atoms with van der Waals surface area (Å²) >= 11 is 15.5. The van der Waals surface area contributed by atoms with Crippen LogP contribution in [0.5, 0.6) is 11.5 Å². The predicted molar refractivity (Wildman–Crippen MR) is 91.0 cm³/mol. The Balaban J connectivity index is 2.26. The van der Waals surface area contributed by atoms with E-state index in [0.717, 1.165) is 21.5 Å². The van der Waals surface area contributed by atoms with Crippen LogP contribution in [0.3, 0.4) is 0 Å². The largest absolute Gasteiger partial charge is 0.496 e. The van der Waals surface area contributed by atoms with E-state index in [1.165, 1.54) is 0 Å². The number of rotatable bonds is 5. The summed E-state index contributed by atoms with van der Waals surface area (Å²) < 4.78 is 11.5. The molecule has 2 aromatic carbocycles. The molecule has 0 atom stereocenters. The second-order valence-electron chi connectivity index (χ2n) is 4.28. The molecule has 2 aromatic rings. The fourth-order valence-electron chi connectivity index (χ4n) is 1.97. The first-order valence-electron chi connectivity index (χ1n) is 6.14. The second kappa shape index (κ2) is 7.25. The minimum atomic E-state index is 0.535. The van der Waals surface area contributed by atoms with E-state index in [-0.39, 0.29) is 0 Å². The molecule has 0 bridgehead atoms. The number of nitrogens with one attached hydrogen (secondary N) is 1. The van der Waals surface area contributed by atoms with Gasteiger partial charge in [0.1, 0.15) is 5.75 Å². The molecule has 0 saturated carbocycles. The van der Waals surface area contributed by atoms with Gasteiger partial charge in [-0.3, -0.25) is 0 Å². The molecule has 0 aliphatic heterocycles. The molecule has 0 aliphatic carbocycles. The van der Waals surface area contributed by atoms with Crippen molar-refractivity contribution in [3.8, 4) is 11.5 Å². The standard InChI is InChI=1S/C15H14BrCl2NO2/c1-20-14-4-3-10(17)5-9(14)8-19-13-7-11(18)6-12(16)15(13)21-2/h3-7,19H,8H2,1-2H3. The number of methoxy groups -OCH3 is 2. The molecule has 2 rings (SSSR count). The molecule has 0 aliphatic rings. The minimum Gasteiger partial charge on any atom is -0.496 e. The molecule has 3 nitrogen and oxygen atoms in total. The highest BCUT2D eigenvalue weighted by molar-refractivity contribution is 9.10. The van der Waals surface area contributed by atoms with Gasteiger partial charge < -0.3 is 14.8 Å². The van der Waals surface area contributed by atoms with Crippen LogP contribution < -0.4 is 14.8 Å². The van der Waals surface area contributed by atoms with Crippen molar-refractivity contribution >= 4 is 44.8 Å². The molecular weight excluding hydrogens is 377 g/mol. The average molecular weight is 391 g/mol. The van der Waals surface area contributed by atoms with Crippen LogP contribution in [-0.4, -0.2) is 14.2 Å². The van der Waals surface area contributed by atoms with Crippen LogP contribution >= 0.6 is 39.1 Å². The first-order chi connectivity index (χ1) is 10.0. The zero-order chi connectivity index (χ0) is 15.4. The normalized spacial score (nSPS) is 10.3. The number of ether oxygens (including phenoxy) is 2. The van der Waals surface area contributed by atoms with Crippen LogP contribution in [0.15, 0.2) is 34.8 Å². The molecule has 112 valence electrons. The fourth-order valence-corrected chi connectivity index (χ4v) is 3.14. The molecule has 0 unspecified atom stereocenters. The van der Waals surface area contributed by atoms with Crippen molar-refractivity contribution in [1.29, 1.82) is 0 Å². The van der Waals surface area contributed by atoms with Gasteiger partial charge in [-0.2, -0.15) is 0 Å². The third kappa shape index (κ3) is 3.96. The maximum absolute atomic E-state index is 6.07. The number of benzene rings is 2. The summed E-state index contributed by atoms with van der Waals surface area (Å²) in [6, 6.07) is 9.08. The van der Waals surface area contributed by atoms with Gasteiger partial charge in [0.25, 0.3) is 0 Å². The molecule has 1 N–H and O–H groups in total. The molecule has 21 heavy (non-hydrogen) atoms. The van der Waals surface area contributed by atoms with E-state index in [9.17, 15) is 0 Å². The second-order valence-corrected chi connectivity index (χ2v) is 6.01. The van der Waals surface area contributed by atoms with E-state index in [0.29, 0.717) is 22.3 Å². The lowest BCUT2D eigenvalue weighted by Crippen LogP contribution is -2.03. The van der Waals surface area contributed by atoms with Gasteiger partial charge >= 0.3 is 0 Å². The molecule has 0 heterocycles. The molecule has 0 spiro atoms. The average Bonchev–Trinajstić information content (AvgIpc) is 2.44. The van der Waals surface area contributed by atoms with Crippen molar-refractivity contribution in [2.45, 2.75) is 6.54 Å². The summed E-state index contributed by atoms with van der Waals surface area (Å²) in [6.07, 6.45) is 0. The first kappa shape index (κ1) is 16.3. The summed E-state index contributed by atoms with van der Waals surface area (Å²) in [5, 5.41) is 4.56. The monoisotopic (exact) mass is 389 g/mol. The third-order valence-corrected chi connectivity index (χ3v) is 3.97. The topological polar surface area (TPSA) is 30.5 Å². The van der Waals surface area contributed by atoms with Gasteiger partial charge in [-0.05, 0) is 46.3 Å². The lowest BCUT2D eigenvalue weighted by Gasteiger charge is -2.15. The number of halogens is 3. The van der Waals surface area contributed by atoms with Crippen molar-refractivity contribution in [2.24, 2.45) is 0 Å². The first-order valence-corrected chi connectivity index (χ1v) is 7.69. The molecule has 6 heteroatoms. The molecule has 0 aromatic heterocycles. The zero-order valence-corrected chi connectivity index (χ0v) is 14.6. The Kier molecular flexibility index (Phi) is 5.62. The minimum absolute atomic E-state index is 0.535. The van der Waals surface area contributed by atoms with Crippen molar-refractivity contribution < 1.29 is 9.47 Å². The SMILES string of the molecule is COc1ccc(Cl)cc1CNc1cc(Cl)cc(Br)c1OC. The van der Waals surface area contributed by atoms with Gasteiger partial charge in [0.15, 0.2) is 5.75 Å². The lowest BCUT2D eigenvalue weighted by molar-refractivity contribution is 0.409. The Morgan fingerprint density at radius 1 is 1.05 bits per heavy atom. The summed E-state index contributed by atoms with van der Waals surface area (Å²) in [4.78, 5) is 0. The molecular formula is C15H14BrCl2NO2. The third-order valence-electron chi connectivity index (χ3n) is 2.92. The van der Waals surface area contributed by atoms with Gasteiger partial charge in [0.05, 0.1) is 24.4 Å². The van der Waals surface area contributed by atoms with Crippen LogP contribution in [0.2, 0.25) is 10.0 Å². The van der Waals surface area contributed by atoms with E-state index < -0.39 is 0 Å². The number of hydrogen-bond acceptors (Lipinski definition) is 3. The van der Waals surface area contributed by atoms with Crippen molar-refractivity contribution in [3.05, 3.63) is 50.4 Å². The highest BCUT2D eigenvalue weighted by atomic mass is 79.9. The number of hydrogen-bond donors (Lipinski definition) is 1. The quantitative estimate of drug-likeness (QED) is 0.742. The van der Waals surface area contributed by atoms with E-state index in [4.69, 9.17) is 32.7 Å². The van der Waals surface area contributed by atoms with Gasteiger partial charge in [-0.25, -0.2) is 0 Å². The Labute approximate surface area is 142 Å². The zero-order valence-electron chi connectivity index (χ0n) is 11.5. The smallest absolute Gasteiger partial charge is 0.156 e. The van der Waals surface area contributed by atoms with E-state index >= 15 is 0 Å².